The van der Waals surface area contributed by atoms with Gasteiger partial charge < -0.3 is 18.8 Å². The lowest BCUT2D eigenvalue weighted by Gasteiger charge is -2.09. The molecule has 0 N–H and O–H groups in total. The molecule has 1 heterocycles. The molecule has 0 aliphatic carbocycles. The fraction of sp³-hybridized carbons (Fsp3) is 0.238. The number of carbonyl (C=O) groups excluding carboxylic acids is 2. The highest BCUT2D eigenvalue weighted by molar-refractivity contribution is 6.07. The second kappa shape index (κ2) is 7.95. The summed E-state index contributed by atoms with van der Waals surface area (Å²) in [5, 5.41) is 0.650. The predicted molar refractivity (Wildman–Crippen MR) is 102 cm³/mol. The monoisotopic (exact) mass is 367 g/mol. The summed E-state index contributed by atoms with van der Waals surface area (Å²) < 4.78 is 17.2. The van der Waals surface area contributed by atoms with Crippen molar-refractivity contribution in [1.29, 1.82) is 0 Å². The van der Waals surface area contributed by atoms with Crippen LogP contribution in [0.15, 0.2) is 48.5 Å². The minimum atomic E-state index is -0.784. The number of esters is 1. The van der Waals surface area contributed by atoms with Gasteiger partial charge in [0, 0.05) is 16.8 Å². The van der Waals surface area contributed by atoms with E-state index in [1.807, 2.05) is 47.9 Å². The molecule has 0 fully saturated rings. The van der Waals surface area contributed by atoms with Gasteiger partial charge in [0.1, 0.15) is 5.75 Å². The number of ether oxygens (including phenoxy) is 3. The lowest BCUT2D eigenvalue weighted by molar-refractivity contribution is 0.0527. The van der Waals surface area contributed by atoms with Gasteiger partial charge in [-0.3, -0.25) is 0 Å². The van der Waals surface area contributed by atoms with Gasteiger partial charge in [0.2, 0.25) is 0 Å². The Labute approximate surface area is 157 Å². The van der Waals surface area contributed by atoms with Crippen LogP contribution in [0.25, 0.3) is 16.6 Å². The fourth-order valence-electron chi connectivity index (χ4n) is 3.08. The van der Waals surface area contributed by atoms with E-state index in [0.717, 1.165) is 16.9 Å². The summed E-state index contributed by atoms with van der Waals surface area (Å²) in [6, 6.07) is 14.9. The Morgan fingerprint density at radius 1 is 0.963 bits per heavy atom. The molecule has 6 nitrogen and oxygen atoms in total. The molecule has 0 spiro atoms. The normalized spacial score (nSPS) is 10.6. The van der Waals surface area contributed by atoms with Crippen LogP contribution >= 0.6 is 0 Å². The molecular weight excluding hydrogens is 346 g/mol. The summed E-state index contributed by atoms with van der Waals surface area (Å²) in [4.78, 5) is 24.2. The Morgan fingerprint density at radius 3 is 2.33 bits per heavy atom. The summed E-state index contributed by atoms with van der Waals surface area (Å²) >= 11 is 0. The number of para-hydroxylation sites is 1. The molecule has 0 saturated heterocycles. The van der Waals surface area contributed by atoms with Crippen LogP contribution in [0.3, 0.4) is 0 Å². The van der Waals surface area contributed by atoms with Crippen molar-refractivity contribution in [3.63, 3.8) is 0 Å². The smallest absolute Gasteiger partial charge is 0.462 e. The molecule has 0 aliphatic heterocycles. The van der Waals surface area contributed by atoms with Gasteiger partial charge in [-0.25, -0.2) is 9.59 Å². The van der Waals surface area contributed by atoms with Gasteiger partial charge in [0.25, 0.3) is 0 Å². The largest absolute Gasteiger partial charge is 0.513 e. The van der Waals surface area contributed by atoms with Crippen LogP contribution in [-0.2, 0) is 9.47 Å². The first-order chi connectivity index (χ1) is 13.1. The molecule has 0 bridgehead atoms. The number of carbonyl (C=O) groups is 2. The van der Waals surface area contributed by atoms with E-state index in [-0.39, 0.29) is 13.2 Å². The van der Waals surface area contributed by atoms with Gasteiger partial charge in [0.15, 0.2) is 0 Å². The van der Waals surface area contributed by atoms with Crippen LogP contribution in [0, 0.1) is 6.92 Å². The molecule has 27 heavy (non-hydrogen) atoms. The highest BCUT2D eigenvalue weighted by Gasteiger charge is 2.22. The molecule has 0 radical (unpaired) electrons. The Hall–Kier alpha value is -3.28. The van der Waals surface area contributed by atoms with Crippen LogP contribution in [0.5, 0.6) is 5.75 Å². The number of aromatic nitrogens is 1. The SMILES string of the molecule is CCOC(=O)Oc1ccc2c(c1)c(C(=O)OCC)c(C)n2-c1ccccc1. The molecule has 0 atom stereocenters. The minimum Gasteiger partial charge on any atom is -0.462 e. The molecule has 0 saturated carbocycles. The fourth-order valence-corrected chi connectivity index (χ4v) is 3.08. The summed E-state index contributed by atoms with van der Waals surface area (Å²) in [7, 11) is 0. The topological polar surface area (TPSA) is 66.8 Å². The third-order valence-corrected chi connectivity index (χ3v) is 4.13. The van der Waals surface area contributed by atoms with Gasteiger partial charge in [-0.05, 0) is 51.1 Å². The minimum absolute atomic E-state index is 0.221. The zero-order valence-corrected chi connectivity index (χ0v) is 15.5. The van der Waals surface area contributed by atoms with Crippen LogP contribution < -0.4 is 4.74 Å². The summed E-state index contributed by atoms with van der Waals surface area (Å²) in [6.07, 6.45) is -0.784. The van der Waals surface area contributed by atoms with E-state index in [4.69, 9.17) is 14.2 Å². The summed E-state index contributed by atoms with van der Waals surface area (Å²) in [5.74, 6) is -0.111. The standard InChI is InChI=1S/C21H21NO5/c1-4-25-20(23)19-14(3)22(15-9-7-6-8-10-15)18-12-11-16(13-17(18)19)27-21(24)26-5-2/h6-13H,4-5H2,1-3H3. The van der Waals surface area contributed by atoms with Crippen molar-refractivity contribution in [2.24, 2.45) is 0 Å². The summed E-state index contributed by atoms with van der Waals surface area (Å²) in [5.41, 5.74) is 2.94. The van der Waals surface area contributed by atoms with Crippen molar-refractivity contribution in [2.45, 2.75) is 20.8 Å². The third-order valence-electron chi connectivity index (χ3n) is 4.13. The van der Waals surface area contributed by atoms with E-state index in [1.165, 1.54) is 0 Å². The number of nitrogens with zero attached hydrogens (tertiary/aromatic N) is 1. The molecule has 6 heteroatoms. The van der Waals surface area contributed by atoms with Crippen molar-refractivity contribution in [2.75, 3.05) is 13.2 Å². The van der Waals surface area contributed by atoms with Crippen LogP contribution in [0.1, 0.15) is 29.9 Å². The van der Waals surface area contributed by atoms with Gasteiger partial charge in [-0.2, -0.15) is 0 Å². The second-order valence-corrected chi connectivity index (χ2v) is 5.82. The average molecular weight is 367 g/mol. The van der Waals surface area contributed by atoms with E-state index in [9.17, 15) is 9.59 Å². The maximum atomic E-state index is 12.6. The lowest BCUT2D eigenvalue weighted by atomic mass is 10.1. The molecule has 2 aromatic carbocycles. The molecule has 3 rings (SSSR count). The van der Waals surface area contributed by atoms with E-state index >= 15 is 0 Å². The zero-order valence-electron chi connectivity index (χ0n) is 15.5. The van der Waals surface area contributed by atoms with E-state index < -0.39 is 12.1 Å². The maximum Gasteiger partial charge on any atom is 0.513 e. The lowest BCUT2D eigenvalue weighted by Crippen LogP contribution is -2.10. The third kappa shape index (κ3) is 3.65. The van der Waals surface area contributed by atoms with Crippen molar-refractivity contribution >= 4 is 23.0 Å². The zero-order chi connectivity index (χ0) is 19.4. The quantitative estimate of drug-likeness (QED) is 0.485. The van der Waals surface area contributed by atoms with Gasteiger partial charge in [-0.15, -0.1) is 0 Å². The van der Waals surface area contributed by atoms with Crippen LogP contribution in [0.2, 0.25) is 0 Å². The van der Waals surface area contributed by atoms with Crippen molar-refractivity contribution in [3.8, 4) is 11.4 Å². The number of hydrogen-bond acceptors (Lipinski definition) is 5. The van der Waals surface area contributed by atoms with E-state index in [0.29, 0.717) is 16.7 Å². The van der Waals surface area contributed by atoms with Gasteiger partial charge >= 0.3 is 12.1 Å². The predicted octanol–water partition coefficient (Wildman–Crippen LogP) is 4.65. The maximum absolute atomic E-state index is 12.6. The van der Waals surface area contributed by atoms with E-state index in [1.54, 1.807) is 26.0 Å². The molecule has 3 aromatic rings. The second-order valence-electron chi connectivity index (χ2n) is 5.82. The molecule has 0 amide bonds. The Morgan fingerprint density at radius 2 is 1.67 bits per heavy atom. The Balaban J connectivity index is 2.18. The average Bonchev–Trinajstić information content (AvgIpc) is 2.94. The highest BCUT2D eigenvalue weighted by Crippen LogP contribution is 2.32. The van der Waals surface area contributed by atoms with Crippen molar-refractivity contribution in [1.82, 2.24) is 4.57 Å². The molecule has 0 unspecified atom stereocenters. The summed E-state index contributed by atoms with van der Waals surface area (Å²) in [6.45, 7) is 5.82. The molecular formula is C21H21NO5. The van der Waals surface area contributed by atoms with Crippen molar-refractivity contribution in [3.05, 3.63) is 59.8 Å². The van der Waals surface area contributed by atoms with Gasteiger partial charge in [-0.1, -0.05) is 18.2 Å². The molecule has 140 valence electrons. The van der Waals surface area contributed by atoms with Crippen molar-refractivity contribution < 1.29 is 23.8 Å². The van der Waals surface area contributed by atoms with E-state index in [2.05, 4.69) is 0 Å². The Bertz CT molecular complexity index is 975. The number of rotatable bonds is 5. The number of hydrogen-bond donors (Lipinski definition) is 0. The van der Waals surface area contributed by atoms with Gasteiger partial charge in [0.05, 0.1) is 24.3 Å². The molecule has 0 aliphatic rings. The number of benzene rings is 2. The van der Waals surface area contributed by atoms with Crippen LogP contribution in [0.4, 0.5) is 4.79 Å². The first-order valence-corrected chi connectivity index (χ1v) is 8.79. The molecule has 1 aromatic heterocycles. The highest BCUT2D eigenvalue weighted by atomic mass is 16.7. The number of fused-ring (bicyclic) bond motifs is 1. The Kier molecular flexibility index (Phi) is 5.45. The first kappa shape index (κ1) is 18.5. The van der Waals surface area contributed by atoms with Crippen LogP contribution in [-0.4, -0.2) is 29.9 Å². The first-order valence-electron chi connectivity index (χ1n) is 8.79.